The highest BCUT2D eigenvalue weighted by Crippen LogP contribution is 2.27. The minimum atomic E-state index is -0.389. The van der Waals surface area contributed by atoms with Crippen molar-refractivity contribution in [1.82, 2.24) is 19.8 Å². The highest BCUT2D eigenvalue weighted by molar-refractivity contribution is 6.03. The number of hydrogen-bond acceptors (Lipinski definition) is 7. The molecule has 0 saturated heterocycles. The van der Waals surface area contributed by atoms with Crippen molar-refractivity contribution in [3.8, 4) is 5.75 Å². The van der Waals surface area contributed by atoms with Gasteiger partial charge in [0.05, 0.1) is 17.9 Å². The first-order valence-corrected chi connectivity index (χ1v) is 10.6. The normalized spacial score (nSPS) is 22.8. The highest BCUT2D eigenvalue weighted by Gasteiger charge is 2.27. The van der Waals surface area contributed by atoms with E-state index >= 15 is 0 Å². The van der Waals surface area contributed by atoms with Crippen molar-refractivity contribution < 1.29 is 19.1 Å². The maximum absolute atomic E-state index is 13.2. The lowest BCUT2D eigenvalue weighted by Gasteiger charge is -2.34. The van der Waals surface area contributed by atoms with Crippen LogP contribution in [0.1, 0.15) is 34.7 Å². The van der Waals surface area contributed by atoms with Gasteiger partial charge in [0.25, 0.3) is 11.8 Å². The lowest BCUT2D eigenvalue weighted by Crippen LogP contribution is -2.45. The first kappa shape index (κ1) is 23.6. The molecule has 0 spiro atoms. The number of aromatic nitrogens is 2. The standard InChI is InChI=1S/C23H31N5O4/c1-15-12-27(3)16(2)14-32-20-10-17(26-22(29)19-11-24-8-9-25-19)6-7-18(20)23(30)28(4)13-21(15)31-5/h6-11,15-16,21H,12-14H2,1-5H3,(H,26,29)/t15-,16+,21+/m0/s1. The Bertz CT molecular complexity index is 939. The van der Waals surface area contributed by atoms with Gasteiger partial charge in [0.15, 0.2) is 0 Å². The lowest BCUT2D eigenvalue weighted by molar-refractivity contribution is 0.0150. The maximum Gasteiger partial charge on any atom is 0.275 e. The molecule has 0 saturated carbocycles. The Morgan fingerprint density at radius 1 is 1.22 bits per heavy atom. The van der Waals surface area contributed by atoms with Gasteiger partial charge in [-0.15, -0.1) is 0 Å². The second kappa shape index (κ2) is 10.5. The molecule has 1 aromatic heterocycles. The van der Waals surface area contributed by atoms with Gasteiger partial charge in [0.2, 0.25) is 0 Å². The van der Waals surface area contributed by atoms with Gasteiger partial charge < -0.3 is 19.7 Å². The van der Waals surface area contributed by atoms with Crippen molar-refractivity contribution in [2.75, 3.05) is 46.2 Å². The molecule has 1 aromatic carbocycles. The number of benzene rings is 1. The Morgan fingerprint density at radius 2 is 2.00 bits per heavy atom. The van der Waals surface area contributed by atoms with Crippen LogP contribution >= 0.6 is 0 Å². The Labute approximate surface area is 188 Å². The van der Waals surface area contributed by atoms with Gasteiger partial charge in [-0.3, -0.25) is 19.5 Å². The summed E-state index contributed by atoms with van der Waals surface area (Å²) in [5.41, 5.74) is 1.14. The molecule has 1 aliphatic heterocycles. The molecule has 172 valence electrons. The molecular weight excluding hydrogens is 410 g/mol. The van der Waals surface area contributed by atoms with Gasteiger partial charge in [-0.1, -0.05) is 6.92 Å². The molecular formula is C23H31N5O4. The number of anilines is 1. The van der Waals surface area contributed by atoms with E-state index in [1.807, 2.05) is 0 Å². The van der Waals surface area contributed by atoms with Gasteiger partial charge in [0, 0.05) is 57.4 Å². The number of nitrogens with zero attached hydrogens (tertiary/aromatic N) is 4. The van der Waals surface area contributed by atoms with Gasteiger partial charge in [-0.05, 0) is 32.0 Å². The van der Waals surface area contributed by atoms with Gasteiger partial charge in [0.1, 0.15) is 18.1 Å². The second-order valence-corrected chi connectivity index (χ2v) is 8.29. The Hall–Kier alpha value is -3.04. The van der Waals surface area contributed by atoms with Crippen LogP contribution in [0.3, 0.4) is 0 Å². The molecule has 3 atom stereocenters. The average molecular weight is 442 g/mol. The number of likely N-dealkylation sites (N-methyl/N-ethyl adjacent to an activating group) is 2. The molecule has 0 bridgehead atoms. The Balaban J connectivity index is 1.89. The number of fused-ring (bicyclic) bond motifs is 1. The molecule has 0 radical (unpaired) electrons. The van der Waals surface area contributed by atoms with E-state index in [-0.39, 0.29) is 35.6 Å². The number of carbonyl (C=O) groups is 2. The minimum absolute atomic E-state index is 0.0899. The van der Waals surface area contributed by atoms with Crippen LogP contribution in [0.2, 0.25) is 0 Å². The Morgan fingerprint density at radius 3 is 2.69 bits per heavy atom. The van der Waals surface area contributed by atoms with Gasteiger partial charge >= 0.3 is 0 Å². The number of ether oxygens (including phenoxy) is 2. The van der Waals surface area contributed by atoms with Gasteiger partial charge in [-0.2, -0.15) is 0 Å². The first-order chi connectivity index (χ1) is 15.3. The lowest BCUT2D eigenvalue weighted by atomic mass is 10.0. The summed E-state index contributed by atoms with van der Waals surface area (Å²) in [7, 11) is 5.49. The largest absolute Gasteiger partial charge is 0.491 e. The van der Waals surface area contributed by atoms with Crippen LogP contribution in [0.4, 0.5) is 5.69 Å². The van der Waals surface area contributed by atoms with E-state index in [1.165, 1.54) is 18.6 Å². The third-order valence-corrected chi connectivity index (χ3v) is 5.81. The van der Waals surface area contributed by atoms with Crippen molar-refractivity contribution in [3.05, 3.63) is 48.0 Å². The van der Waals surface area contributed by atoms with E-state index in [9.17, 15) is 9.59 Å². The molecule has 2 aromatic rings. The molecule has 3 rings (SSSR count). The summed E-state index contributed by atoms with van der Waals surface area (Å²) in [4.78, 5) is 37.4. The fourth-order valence-electron chi connectivity index (χ4n) is 3.64. The summed E-state index contributed by atoms with van der Waals surface area (Å²) in [6.45, 7) is 5.87. The SMILES string of the molecule is CO[C@@H]1CN(C)C(=O)c2ccc(NC(=O)c3cnccn3)cc2OC[C@@H](C)N(C)C[C@@H]1C. The molecule has 9 nitrogen and oxygen atoms in total. The predicted molar refractivity (Wildman–Crippen MR) is 121 cm³/mol. The summed E-state index contributed by atoms with van der Waals surface area (Å²) in [6.07, 6.45) is 4.26. The minimum Gasteiger partial charge on any atom is -0.491 e. The molecule has 2 amide bonds. The highest BCUT2D eigenvalue weighted by atomic mass is 16.5. The summed E-state index contributed by atoms with van der Waals surface area (Å²) >= 11 is 0. The molecule has 2 heterocycles. The molecule has 9 heteroatoms. The predicted octanol–water partition coefficient (Wildman–Crippen LogP) is 2.16. The van der Waals surface area contributed by atoms with Crippen molar-refractivity contribution in [3.63, 3.8) is 0 Å². The monoisotopic (exact) mass is 441 g/mol. The van der Waals surface area contributed by atoms with Crippen LogP contribution in [-0.2, 0) is 4.74 Å². The van der Waals surface area contributed by atoms with Crippen molar-refractivity contribution in [2.24, 2.45) is 5.92 Å². The fourth-order valence-corrected chi connectivity index (χ4v) is 3.64. The molecule has 0 fully saturated rings. The average Bonchev–Trinajstić information content (AvgIpc) is 2.80. The van der Waals surface area contributed by atoms with Crippen molar-refractivity contribution in [1.29, 1.82) is 0 Å². The van der Waals surface area contributed by atoms with Gasteiger partial charge in [-0.25, -0.2) is 4.98 Å². The van der Waals surface area contributed by atoms with Crippen LogP contribution in [-0.4, -0.2) is 84.6 Å². The third-order valence-electron chi connectivity index (χ3n) is 5.81. The van der Waals surface area contributed by atoms with Crippen LogP contribution < -0.4 is 10.1 Å². The van der Waals surface area contributed by atoms with Crippen LogP contribution in [0.5, 0.6) is 5.75 Å². The van der Waals surface area contributed by atoms with E-state index in [0.29, 0.717) is 30.2 Å². The molecule has 32 heavy (non-hydrogen) atoms. The topological polar surface area (TPSA) is 96.9 Å². The summed E-state index contributed by atoms with van der Waals surface area (Å²) in [5.74, 6) is 0.101. The number of nitrogens with one attached hydrogen (secondary N) is 1. The molecule has 1 aliphatic rings. The van der Waals surface area contributed by atoms with E-state index in [0.717, 1.165) is 6.54 Å². The fraction of sp³-hybridized carbons (Fsp3) is 0.478. The summed E-state index contributed by atoms with van der Waals surface area (Å²) in [5, 5.41) is 2.79. The second-order valence-electron chi connectivity index (χ2n) is 8.29. The zero-order valence-electron chi connectivity index (χ0n) is 19.2. The van der Waals surface area contributed by atoms with E-state index in [2.05, 4.69) is 41.1 Å². The molecule has 0 unspecified atom stereocenters. The molecule has 1 N–H and O–H groups in total. The molecule has 0 aliphatic carbocycles. The van der Waals surface area contributed by atoms with Crippen molar-refractivity contribution >= 4 is 17.5 Å². The Kier molecular flexibility index (Phi) is 7.76. The van der Waals surface area contributed by atoms with Crippen LogP contribution in [0.15, 0.2) is 36.8 Å². The summed E-state index contributed by atoms with van der Waals surface area (Å²) < 4.78 is 11.8. The van der Waals surface area contributed by atoms with Crippen molar-refractivity contribution in [2.45, 2.75) is 26.0 Å². The smallest absolute Gasteiger partial charge is 0.275 e. The van der Waals surface area contributed by atoms with Crippen LogP contribution in [0.25, 0.3) is 0 Å². The zero-order valence-corrected chi connectivity index (χ0v) is 19.2. The number of amides is 2. The van der Waals surface area contributed by atoms with E-state index < -0.39 is 0 Å². The maximum atomic E-state index is 13.2. The number of hydrogen-bond donors (Lipinski definition) is 1. The summed E-state index contributed by atoms with van der Waals surface area (Å²) in [6, 6.07) is 5.14. The van der Waals surface area contributed by atoms with E-state index in [1.54, 1.807) is 37.3 Å². The number of carbonyl (C=O) groups excluding carboxylic acids is 2. The zero-order chi connectivity index (χ0) is 23.3. The quantitative estimate of drug-likeness (QED) is 0.780. The van der Waals surface area contributed by atoms with E-state index in [4.69, 9.17) is 9.47 Å². The number of methoxy groups -OCH3 is 1. The first-order valence-electron chi connectivity index (χ1n) is 10.6. The van der Waals surface area contributed by atoms with Crippen LogP contribution in [0, 0.1) is 5.92 Å². The number of rotatable bonds is 3. The third kappa shape index (κ3) is 5.60.